The second-order valence-electron chi connectivity index (χ2n) is 5.52. The summed E-state index contributed by atoms with van der Waals surface area (Å²) in [5.41, 5.74) is 1.32. The lowest BCUT2D eigenvalue weighted by Crippen LogP contribution is -2.53. The maximum absolute atomic E-state index is 4.39. The molecular formula is C13H25ClN4. The van der Waals surface area contributed by atoms with Crippen LogP contribution in [0.5, 0.6) is 0 Å². The van der Waals surface area contributed by atoms with E-state index >= 15 is 0 Å². The maximum Gasteiger partial charge on any atom is 0.0527 e. The summed E-state index contributed by atoms with van der Waals surface area (Å²) >= 11 is 0. The van der Waals surface area contributed by atoms with Crippen molar-refractivity contribution < 1.29 is 0 Å². The molecule has 18 heavy (non-hydrogen) atoms. The van der Waals surface area contributed by atoms with Crippen LogP contribution in [0.4, 0.5) is 0 Å². The standard InChI is InChI=1S/C13H24N4.ClH/c1-10(2)17-13(5-6-14-17)9-16-7-11(3)15-12(4)8-16;/h5-6,10-12,15H,7-9H2,1-4H3;1H. The Morgan fingerprint density at radius 1 is 1.33 bits per heavy atom. The van der Waals surface area contributed by atoms with E-state index in [1.807, 2.05) is 6.20 Å². The molecule has 1 aliphatic rings. The number of nitrogens with one attached hydrogen (secondary N) is 1. The highest BCUT2D eigenvalue weighted by Gasteiger charge is 2.21. The van der Waals surface area contributed by atoms with Gasteiger partial charge < -0.3 is 5.32 Å². The van der Waals surface area contributed by atoms with Crippen molar-refractivity contribution in [2.24, 2.45) is 0 Å². The largest absolute Gasteiger partial charge is 0.309 e. The number of halogens is 1. The molecule has 0 radical (unpaired) electrons. The molecule has 5 heteroatoms. The van der Waals surface area contributed by atoms with Crippen LogP contribution in [0.3, 0.4) is 0 Å². The van der Waals surface area contributed by atoms with E-state index in [0.717, 1.165) is 19.6 Å². The average molecular weight is 273 g/mol. The quantitative estimate of drug-likeness (QED) is 0.915. The van der Waals surface area contributed by atoms with Crippen molar-refractivity contribution in [1.29, 1.82) is 0 Å². The summed E-state index contributed by atoms with van der Waals surface area (Å²) in [6, 6.07) is 3.73. The van der Waals surface area contributed by atoms with Gasteiger partial charge in [-0.15, -0.1) is 12.4 Å². The fourth-order valence-electron chi connectivity index (χ4n) is 2.73. The van der Waals surface area contributed by atoms with Crippen LogP contribution in [-0.4, -0.2) is 39.9 Å². The van der Waals surface area contributed by atoms with E-state index in [1.54, 1.807) is 0 Å². The van der Waals surface area contributed by atoms with Gasteiger partial charge in [-0.25, -0.2) is 0 Å². The monoisotopic (exact) mass is 272 g/mol. The van der Waals surface area contributed by atoms with E-state index in [9.17, 15) is 0 Å². The fourth-order valence-corrected chi connectivity index (χ4v) is 2.73. The van der Waals surface area contributed by atoms with E-state index in [-0.39, 0.29) is 12.4 Å². The molecule has 0 amide bonds. The van der Waals surface area contributed by atoms with Gasteiger partial charge in [-0.3, -0.25) is 9.58 Å². The minimum Gasteiger partial charge on any atom is -0.309 e. The molecule has 2 atom stereocenters. The number of hydrogen-bond donors (Lipinski definition) is 1. The summed E-state index contributed by atoms with van der Waals surface area (Å²) in [6.07, 6.45) is 1.91. The fraction of sp³-hybridized carbons (Fsp3) is 0.769. The molecule has 104 valence electrons. The Hall–Kier alpha value is -0.580. The zero-order valence-electron chi connectivity index (χ0n) is 11.8. The van der Waals surface area contributed by atoms with E-state index < -0.39 is 0 Å². The number of rotatable bonds is 3. The second-order valence-corrected chi connectivity index (χ2v) is 5.52. The molecule has 0 aliphatic carbocycles. The first-order chi connectivity index (χ1) is 8.06. The summed E-state index contributed by atoms with van der Waals surface area (Å²) in [6.45, 7) is 12.1. The Balaban J connectivity index is 0.00000162. The van der Waals surface area contributed by atoms with Crippen molar-refractivity contribution >= 4 is 12.4 Å². The van der Waals surface area contributed by atoms with Crippen molar-refractivity contribution in [3.05, 3.63) is 18.0 Å². The van der Waals surface area contributed by atoms with E-state index in [1.165, 1.54) is 5.69 Å². The summed E-state index contributed by atoms with van der Waals surface area (Å²) in [4.78, 5) is 2.52. The van der Waals surface area contributed by atoms with Gasteiger partial charge >= 0.3 is 0 Å². The van der Waals surface area contributed by atoms with Gasteiger partial charge in [0.05, 0.1) is 5.69 Å². The van der Waals surface area contributed by atoms with Gasteiger partial charge in [-0.2, -0.15) is 5.10 Å². The van der Waals surface area contributed by atoms with Crippen LogP contribution < -0.4 is 5.32 Å². The molecule has 1 aromatic rings. The first-order valence-electron chi connectivity index (χ1n) is 6.57. The third-order valence-electron chi connectivity index (χ3n) is 3.26. The van der Waals surface area contributed by atoms with E-state index in [2.05, 4.69) is 53.8 Å². The summed E-state index contributed by atoms with van der Waals surface area (Å²) in [7, 11) is 0. The molecule has 2 unspecified atom stereocenters. The molecule has 1 N–H and O–H groups in total. The zero-order chi connectivity index (χ0) is 12.4. The van der Waals surface area contributed by atoms with Gasteiger partial charge in [0, 0.05) is 44.0 Å². The maximum atomic E-state index is 4.39. The van der Waals surface area contributed by atoms with Crippen molar-refractivity contribution in [3.8, 4) is 0 Å². The number of piperazine rings is 1. The number of nitrogens with zero attached hydrogens (tertiary/aromatic N) is 3. The van der Waals surface area contributed by atoms with Crippen LogP contribution in [0.2, 0.25) is 0 Å². The smallest absolute Gasteiger partial charge is 0.0527 e. The first kappa shape index (κ1) is 15.5. The molecule has 0 saturated carbocycles. The molecule has 4 nitrogen and oxygen atoms in total. The van der Waals surface area contributed by atoms with Crippen molar-refractivity contribution in [1.82, 2.24) is 20.0 Å². The highest BCUT2D eigenvalue weighted by atomic mass is 35.5. The van der Waals surface area contributed by atoms with Crippen molar-refractivity contribution in [2.45, 2.75) is 52.4 Å². The van der Waals surface area contributed by atoms with Gasteiger partial charge in [0.25, 0.3) is 0 Å². The lowest BCUT2D eigenvalue weighted by atomic mass is 10.1. The van der Waals surface area contributed by atoms with Gasteiger partial charge in [-0.1, -0.05) is 0 Å². The number of aromatic nitrogens is 2. The van der Waals surface area contributed by atoms with Gasteiger partial charge in [-0.05, 0) is 33.8 Å². The molecular weight excluding hydrogens is 248 g/mol. The van der Waals surface area contributed by atoms with Crippen LogP contribution in [0.15, 0.2) is 12.3 Å². The van der Waals surface area contributed by atoms with Crippen LogP contribution in [0, 0.1) is 0 Å². The van der Waals surface area contributed by atoms with Crippen LogP contribution in [0.1, 0.15) is 39.4 Å². The number of hydrogen-bond acceptors (Lipinski definition) is 3. The summed E-state index contributed by atoms with van der Waals surface area (Å²) in [5, 5.41) is 7.96. The molecule has 1 aromatic heterocycles. The summed E-state index contributed by atoms with van der Waals surface area (Å²) < 4.78 is 2.12. The molecule has 2 rings (SSSR count). The van der Waals surface area contributed by atoms with Gasteiger partial charge in [0.15, 0.2) is 0 Å². The van der Waals surface area contributed by atoms with Crippen molar-refractivity contribution in [3.63, 3.8) is 0 Å². The summed E-state index contributed by atoms with van der Waals surface area (Å²) in [5.74, 6) is 0. The lowest BCUT2D eigenvalue weighted by Gasteiger charge is -2.36. The first-order valence-corrected chi connectivity index (χ1v) is 6.57. The highest BCUT2D eigenvalue weighted by Crippen LogP contribution is 2.13. The lowest BCUT2D eigenvalue weighted by molar-refractivity contribution is 0.162. The topological polar surface area (TPSA) is 33.1 Å². The predicted molar refractivity (Wildman–Crippen MR) is 77.2 cm³/mol. The third kappa shape index (κ3) is 3.70. The molecule has 1 aliphatic heterocycles. The molecule has 0 spiro atoms. The van der Waals surface area contributed by atoms with E-state index in [0.29, 0.717) is 18.1 Å². The Bertz CT molecular complexity index is 354. The second kappa shape index (κ2) is 6.55. The molecule has 0 bridgehead atoms. The third-order valence-corrected chi connectivity index (χ3v) is 3.26. The van der Waals surface area contributed by atoms with Crippen LogP contribution in [0.25, 0.3) is 0 Å². The molecule has 0 aromatic carbocycles. The minimum atomic E-state index is 0. The SMILES string of the molecule is CC1CN(Cc2ccnn2C(C)C)CC(C)N1.Cl. The zero-order valence-corrected chi connectivity index (χ0v) is 12.6. The van der Waals surface area contributed by atoms with Gasteiger partial charge in [0.1, 0.15) is 0 Å². The minimum absolute atomic E-state index is 0. The van der Waals surface area contributed by atoms with E-state index in [4.69, 9.17) is 0 Å². The normalized spacial score (nSPS) is 25.2. The van der Waals surface area contributed by atoms with Gasteiger partial charge in [0.2, 0.25) is 0 Å². The van der Waals surface area contributed by atoms with Crippen LogP contribution >= 0.6 is 12.4 Å². The highest BCUT2D eigenvalue weighted by molar-refractivity contribution is 5.85. The molecule has 2 heterocycles. The Labute approximate surface area is 116 Å². The molecule has 1 fully saturated rings. The Morgan fingerprint density at radius 2 is 1.94 bits per heavy atom. The Morgan fingerprint density at radius 3 is 2.50 bits per heavy atom. The van der Waals surface area contributed by atoms with Crippen LogP contribution in [-0.2, 0) is 6.54 Å². The average Bonchev–Trinajstić information content (AvgIpc) is 2.63. The van der Waals surface area contributed by atoms with Crippen molar-refractivity contribution in [2.75, 3.05) is 13.1 Å². The predicted octanol–water partition coefficient (Wildman–Crippen LogP) is 2.07. The Kier molecular flexibility index (Phi) is 5.63. The molecule has 1 saturated heterocycles.